The lowest BCUT2D eigenvalue weighted by Crippen LogP contribution is -1.96. The summed E-state index contributed by atoms with van der Waals surface area (Å²) in [7, 11) is 0. The average Bonchev–Trinajstić information content (AvgIpc) is 1.65. The SMILES string of the molecule is C/C=C(\Br)CN. The molecule has 0 saturated carbocycles. The largest absolute Gasteiger partial charge is 0.326 e. The maximum Gasteiger partial charge on any atom is 0.0241 e. The molecule has 0 unspecified atom stereocenters. The van der Waals surface area contributed by atoms with E-state index in [0.717, 1.165) is 4.48 Å². The molecule has 0 heterocycles. The summed E-state index contributed by atoms with van der Waals surface area (Å²) in [6, 6.07) is 0. The summed E-state index contributed by atoms with van der Waals surface area (Å²) in [5, 5.41) is 0. The Morgan fingerprint density at radius 2 is 2.50 bits per heavy atom. The van der Waals surface area contributed by atoms with Gasteiger partial charge in [-0.1, -0.05) is 22.0 Å². The molecule has 0 fully saturated rings. The van der Waals surface area contributed by atoms with Gasteiger partial charge < -0.3 is 5.73 Å². The van der Waals surface area contributed by atoms with Gasteiger partial charge in [0, 0.05) is 11.0 Å². The lowest BCUT2D eigenvalue weighted by molar-refractivity contribution is 1.23. The third-order valence-electron chi connectivity index (χ3n) is 0.508. The van der Waals surface area contributed by atoms with Gasteiger partial charge in [-0.15, -0.1) is 0 Å². The molecule has 0 spiro atoms. The predicted octanol–water partition coefficient (Wildman–Crippen LogP) is 1.24. The van der Waals surface area contributed by atoms with Crippen molar-refractivity contribution in [1.29, 1.82) is 0 Å². The van der Waals surface area contributed by atoms with E-state index in [0.29, 0.717) is 6.54 Å². The van der Waals surface area contributed by atoms with Crippen LogP contribution in [0.25, 0.3) is 0 Å². The number of nitrogens with two attached hydrogens (primary N) is 1. The van der Waals surface area contributed by atoms with Crippen LogP contribution in [-0.4, -0.2) is 6.54 Å². The second-order valence-electron chi connectivity index (χ2n) is 0.940. The summed E-state index contributed by atoms with van der Waals surface area (Å²) < 4.78 is 1.06. The summed E-state index contributed by atoms with van der Waals surface area (Å²) >= 11 is 3.21. The number of rotatable bonds is 1. The Balaban J connectivity index is 3.22. The minimum atomic E-state index is 0.608. The molecule has 1 nitrogen and oxygen atoms in total. The standard InChI is InChI=1S/C4H8BrN/c1-2-4(5)3-6/h2H,3,6H2,1H3/b4-2-. The zero-order valence-corrected chi connectivity index (χ0v) is 5.33. The van der Waals surface area contributed by atoms with Crippen LogP contribution in [0.3, 0.4) is 0 Å². The summed E-state index contributed by atoms with van der Waals surface area (Å²) in [6.45, 7) is 2.55. The smallest absolute Gasteiger partial charge is 0.0241 e. The Hall–Kier alpha value is 0.180. The van der Waals surface area contributed by atoms with E-state index in [4.69, 9.17) is 5.73 Å². The van der Waals surface area contributed by atoms with Gasteiger partial charge in [0.1, 0.15) is 0 Å². The van der Waals surface area contributed by atoms with Crippen molar-refractivity contribution in [2.75, 3.05) is 6.54 Å². The second-order valence-corrected chi connectivity index (χ2v) is 1.96. The first-order chi connectivity index (χ1) is 2.81. The van der Waals surface area contributed by atoms with E-state index in [2.05, 4.69) is 15.9 Å². The first-order valence-corrected chi connectivity index (χ1v) is 2.61. The molecule has 0 aromatic rings. The highest BCUT2D eigenvalue weighted by Crippen LogP contribution is 1.98. The van der Waals surface area contributed by atoms with Crippen LogP contribution >= 0.6 is 15.9 Å². The van der Waals surface area contributed by atoms with Gasteiger partial charge in [0.2, 0.25) is 0 Å². The van der Waals surface area contributed by atoms with Gasteiger partial charge >= 0.3 is 0 Å². The molecule has 2 heteroatoms. The molecule has 0 aromatic heterocycles. The molecule has 6 heavy (non-hydrogen) atoms. The molecule has 0 aromatic carbocycles. The third kappa shape index (κ3) is 2.42. The monoisotopic (exact) mass is 149 g/mol. The molecular weight excluding hydrogens is 142 g/mol. The summed E-state index contributed by atoms with van der Waals surface area (Å²) in [5.41, 5.74) is 5.17. The van der Waals surface area contributed by atoms with Crippen molar-refractivity contribution >= 4 is 15.9 Å². The van der Waals surface area contributed by atoms with Gasteiger partial charge in [-0.3, -0.25) is 0 Å². The van der Waals surface area contributed by atoms with Crippen molar-refractivity contribution < 1.29 is 0 Å². The molecule has 0 radical (unpaired) electrons. The van der Waals surface area contributed by atoms with Crippen molar-refractivity contribution in [2.45, 2.75) is 6.92 Å². The minimum Gasteiger partial charge on any atom is -0.326 e. The van der Waals surface area contributed by atoms with Crippen molar-refractivity contribution in [3.8, 4) is 0 Å². The second kappa shape index (κ2) is 3.37. The lowest BCUT2D eigenvalue weighted by Gasteiger charge is -1.83. The summed E-state index contributed by atoms with van der Waals surface area (Å²) in [4.78, 5) is 0. The Labute approximate surface area is 46.4 Å². The molecular formula is C4H8BrN. The van der Waals surface area contributed by atoms with Crippen LogP contribution in [0.2, 0.25) is 0 Å². The van der Waals surface area contributed by atoms with Crippen LogP contribution < -0.4 is 5.73 Å². The van der Waals surface area contributed by atoms with Gasteiger partial charge in [0.05, 0.1) is 0 Å². The van der Waals surface area contributed by atoms with Crippen LogP contribution in [0.15, 0.2) is 10.6 Å². The van der Waals surface area contributed by atoms with E-state index in [-0.39, 0.29) is 0 Å². The highest BCUT2D eigenvalue weighted by Gasteiger charge is 1.75. The number of halogens is 1. The Morgan fingerprint density at radius 1 is 2.00 bits per heavy atom. The molecule has 0 rings (SSSR count). The van der Waals surface area contributed by atoms with Gasteiger partial charge in [-0.05, 0) is 6.92 Å². The zero-order chi connectivity index (χ0) is 4.99. The van der Waals surface area contributed by atoms with E-state index in [9.17, 15) is 0 Å². The van der Waals surface area contributed by atoms with Gasteiger partial charge in [0.15, 0.2) is 0 Å². The Bertz CT molecular complexity index is 58.6. The molecule has 0 aliphatic rings. The zero-order valence-electron chi connectivity index (χ0n) is 3.74. The fourth-order valence-corrected chi connectivity index (χ4v) is 0.118. The molecule has 0 aliphatic heterocycles. The van der Waals surface area contributed by atoms with Crippen LogP contribution in [0.4, 0.5) is 0 Å². The maximum absolute atomic E-state index is 5.17. The quantitative estimate of drug-likeness (QED) is 0.597. The lowest BCUT2D eigenvalue weighted by atomic mass is 10.5. The summed E-state index contributed by atoms with van der Waals surface area (Å²) in [6.07, 6.45) is 1.93. The molecule has 0 bridgehead atoms. The summed E-state index contributed by atoms with van der Waals surface area (Å²) in [5.74, 6) is 0. The van der Waals surface area contributed by atoms with Crippen molar-refractivity contribution in [1.82, 2.24) is 0 Å². The number of allylic oxidation sites excluding steroid dienone is 1. The third-order valence-corrected chi connectivity index (χ3v) is 1.29. The molecule has 0 amide bonds. The first-order valence-electron chi connectivity index (χ1n) is 1.82. The average molecular weight is 150 g/mol. The maximum atomic E-state index is 5.17. The fourth-order valence-electron chi connectivity index (χ4n) is 0.118. The highest BCUT2D eigenvalue weighted by atomic mass is 79.9. The van der Waals surface area contributed by atoms with Crippen molar-refractivity contribution in [2.24, 2.45) is 5.73 Å². The van der Waals surface area contributed by atoms with Crippen LogP contribution in [0, 0.1) is 0 Å². The fraction of sp³-hybridized carbons (Fsp3) is 0.500. The van der Waals surface area contributed by atoms with Crippen LogP contribution in [0.1, 0.15) is 6.92 Å². The topological polar surface area (TPSA) is 26.0 Å². The van der Waals surface area contributed by atoms with Gasteiger partial charge in [-0.25, -0.2) is 0 Å². The highest BCUT2D eigenvalue weighted by molar-refractivity contribution is 9.11. The molecule has 0 atom stereocenters. The molecule has 36 valence electrons. The predicted molar refractivity (Wildman–Crippen MR) is 31.7 cm³/mol. The normalized spacial score (nSPS) is 12.2. The van der Waals surface area contributed by atoms with Gasteiger partial charge in [0.25, 0.3) is 0 Å². The number of hydrogen-bond donors (Lipinski definition) is 1. The van der Waals surface area contributed by atoms with Crippen molar-refractivity contribution in [3.05, 3.63) is 10.6 Å². The minimum absolute atomic E-state index is 0.608. The molecule has 0 saturated heterocycles. The van der Waals surface area contributed by atoms with E-state index in [1.165, 1.54) is 0 Å². The van der Waals surface area contributed by atoms with E-state index < -0.39 is 0 Å². The van der Waals surface area contributed by atoms with Crippen LogP contribution in [-0.2, 0) is 0 Å². The van der Waals surface area contributed by atoms with E-state index in [1.54, 1.807) is 0 Å². The van der Waals surface area contributed by atoms with E-state index >= 15 is 0 Å². The van der Waals surface area contributed by atoms with E-state index in [1.807, 2.05) is 13.0 Å². The molecule has 0 aliphatic carbocycles. The van der Waals surface area contributed by atoms with Crippen molar-refractivity contribution in [3.63, 3.8) is 0 Å². The Morgan fingerprint density at radius 3 is 2.50 bits per heavy atom. The number of hydrogen-bond acceptors (Lipinski definition) is 1. The van der Waals surface area contributed by atoms with Gasteiger partial charge in [-0.2, -0.15) is 0 Å². The van der Waals surface area contributed by atoms with Crippen LogP contribution in [0.5, 0.6) is 0 Å². The Kier molecular flexibility index (Phi) is 3.47. The first kappa shape index (κ1) is 6.18. The molecule has 2 N–H and O–H groups in total.